The Morgan fingerprint density at radius 3 is 2.87 bits per heavy atom. The van der Waals surface area contributed by atoms with Crippen molar-refractivity contribution >= 4 is 5.69 Å². The Kier molecular flexibility index (Phi) is 2.68. The van der Waals surface area contributed by atoms with Crippen molar-refractivity contribution in [3.8, 4) is 0 Å². The van der Waals surface area contributed by atoms with Crippen molar-refractivity contribution in [2.24, 2.45) is 0 Å². The second-order valence-electron chi connectivity index (χ2n) is 4.87. The lowest BCUT2D eigenvalue weighted by Crippen LogP contribution is -2.18. The topological polar surface area (TPSA) is 24.9 Å². The van der Waals surface area contributed by atoms with E-state index >= 15 is 0 Å². The fraction of sp³-hybridized carbons (Fsp3) is 0.615. The minimum absolute atomic E-state index is 0.557. The van der Waals surface area contributed by atoms with Crippen LogP contribution in [0.5, 0.6) is 0 Å². The van der Waals surface area contributed by atoms with Crippen LogP contribution < -0.4 is 5.32 Å². The van der Waals surface area contributed by atoms with Crippen LogP contribution in [-0.4, -0.2) is 11.5 Å². The summed E-state index contributed by atoms with van der Waals surface area (Å²) in [6.07, 6.45) is 3.25. The fourth-order valence-corrected chi connectivity index (χ4v) is 2.37. The van der Waals surface area contributed by atoms with Gasteiger partial charge in [-0.2, -0.15) is 0 Å². The number of hydrogen-bond donors (Lipinski definition) is 1. The number of hydrogen-bond acceptors (Lipinski definition) is 2. The molecule has 82 valence electrons. The minimum Gasteiger partial charge on any atom is -0.383 e. The van der Waals surface area contributed by atoms with Gasteiger partial charge >= 0.3 is 0 Å². The molecule has 0 aliphatic carbocycles. The summed E-state index contributed by atoms with van der Waals surface area (Å²) in [6.45, 7) is 10.0. The molecule has 1 aromatic heterocycles. The minimum atomic E-state index is 0.557. The summed E-state index contributed by atoms with van der Waals surface area (Å²) >= 11 is 0. The van der Waals surface area contributed by atoms with Crippen molar-refractivity contribution in [1.82, 2.24) is 4.98 Å². The van der Waals surface area contributed by atoms with Gasteiger partial charge in [-0.15, -0.1) is 0 Å². The molecule has 2 heteroatoms. The lowest BCUT2D eigenvalue weighted by atomic mass is 9.91. The van der Waals surface area contributed by atoms with E-state index in [4.69, 9.17) is 0 Å². The Bertz CT molecular complexity index is 369. The molecule has 2 nitrogen and oxygen atoms in total. The number of anilines is 1. The molecule has 0 saturated carbocycles. The van der Waals surface area contributed by atoms with Crippen LogP contribution in [0.1, 0.15) is 55.8 Å². The van der Waals surface area contributed by atoms with Gasteiger partial charge in [0.15, 0.2) is 0 Å². The predicted molar refractivity (Wildman–Crippen MR) is 64.6 cm³/mol. The highest BCUT2D eigenvalue weighted by Gasteiger charge is 2.21. The zero-order valence-electron chi connectivity index (χ0n) is 10.1. The summed E-state index contributed by atoms with van der Waals surface area (Å²) in [7, 11) is 0. The number of nitrogens with one attached hydrogen (secondary N) is 1. The zero-order valence-corrected chi connectivity index (χ0v) is 10.1. The number of pyridine rings is 1. The molecule has 0 fully saturated rings. The van der Waals surface area contributed by atoms with Crippen LogP contribution in [0.25, 0.3) is 0 Å². The van der Waals surface area contributed by atoms with E-state index in [0.717, 1.165) is 6.54 Å². The molecular weight excluding hydrogens is 184 g/mol. The van der Waals surface area contributed by atoms with Crippen molar-refractivity contribution in [3.63, 3.8) is 0 Å². The summed E-state index contributed by atoms with van der Waals surface area (Å²) in [6, 6.07) is 0. The molecular formula is C13H20N2. The normalized spacial score (nSPS) is 19.9. The Labute approximate surface area is 92.1 Å². The number of fused-ring (bicyclic) bond motifs is 1. The van der Waals surface area contributed by atoms with Gasteiger partial charge in [0, 0.05) is 18.7 Å². The highest BCUT2D eigenvalue weighted by molar-refractivity contribution is 5.60. The standard InChI is InChI=1S/C13H20N2/c1-8(2)11-7-15-12-9(3)5-6-14-13(12)10(11)4/h7-9,14H,5-6H2,1-4H3. The van der Waals surface area contributed by atoms with E-state index in [9.17, 15) is 0 Å². The third-order valence-corrected chi connectivity index (χ3v) is 3.37. The van der Waals surface area contributed by atoms with Crippen molar-refractivity contribution in [1.29, 1.82) is 0 Å². The molecule has 0 spiro atoms. The number of aromatic nitrogens is 1. The van der Waals surface area contributed by atoms with Crippen molar-refractivity contribution in [3.05, 3.63) is 23.0 Å². The monoisotopic (exact) mass is 204 g/mol. The van der Waals surface area contributed by atoms with Crippen molar-refractivity contribution in [2.45, 2.75) is 46.0 Å². The first kappa shape index (κ1) is 10.5. The van der Waals surface area contributed by atoms with E-state index < -0.39 is 0 Å². The van der Waals surface area contributed by atoms with Gasteiger partial charge in [-0.1, -0.05) is 20.8 Å². The Morgan fingerprint density at radius 2 is 2.20 bits per heavy atom. The van der Waals surface area contributed by atoms with Crippen LogP contribution in [0.3, 0.4) is 0 Å². The van der Waals surface area contributed by atoms with E-state index in [2.05, 4.69) is 44.2 Å². The molecule has 0 radical (unpaired) electrons. The van der Waals surface area contributed by atoms with Gasteiger partial charge in [-0.05, 0) is 30.4 Å². The molecule has 1 aromatic rings. The van der Waals surface area contributed by atoms with Crippen LogP contribution in [0.4, 0.5) is 5.69 Å². The molecule has 2 rings (SSSR count). The zero-order chi connectivity index (χ0) is 11.0. The van der Waals surface area contributed by atoms with E-state index in [0.29, 0.717) is 11.8 Å². The van der Waals surface area contributed by atoms with E-state index in [1.165, 1.54) is 28.9 Å². The third-order valence-electron chi connectivity index (χ3n) is 3.37. The highest BCUT2D eigenvalue weighted by atomic mass is 14.9. The quantitative estimate of drug-likeness (QED) is 0.758. The molecule has 1 aliphatic heterocycles. The van der Waals surface area contributed by atoms with Crippen LogP contribution in [0.15, 0.2) is 6.20 Å². The van der Waals surface area contributed by atoms with Crippen molar-refractivity contribution < 1.29 is 0 Å². The highest BCUT2D eigenvalue weighted by Crippen LogP contribution is 2.34. The lowest BCUT2D eigenvalue weighted by Gasteiger charge is -2.26. The number of nitrogens with zero attached hydrogens (tertiary/aromatic N) is 1. The first-order chi connectivity index (χ1) is 7.11. The average Bonchev–Trinajstić information content (AvgIpc) is 2.19. The maximum atomic E-state index is 4.62. The average molecular weight is 204 g/mol. The first-order valence-electron chi connectivity index (χ1n) is 5.84. The molecule has 1 N–H and O–H groups in total. The van der Waals surface area contributed by atoms with E-state index in [1.807, 2.05) is 0 Å². The SMILES string of the molecule is Cc1c(C(C)C)cnc2c1NCCC2C. The lowest BCUT2D eigenvalue weighted by molar-refractivity contribution is 0.656. The van der Waals surface area contributed by atoms with Gasteiger partial charge in [0.2, 0.25) is 0 Å². The smallest absolute Gasteiger partial charge is 0.0666 e. The third kappa shape index (κ3) is 1.73. The molecule has 1 unspecified atom stereocenters. The summed E-state index contributed by atoms with van der Waals surface area (Å²) in [5, 5.41) is 3.49. The molecule has 1 aliphatic rings. The van der Waals surface area contributed by atoms with Crippen LogP contribution in [0.2, 0.25) is 0 Å². The summed E-state index contributed by atoms with van der Waals surface area (Å²) in [5.74, 6) is 1.16. The molecule has 1 atom stereocenters. The fourth-order valence-electron chi connectivity index (χ4n) is 2.37. The molecule has 2 heterocycles. The molecule has 0 saturated heterocycles. The van der Waals surface area contributed by atoms with Crippen LogP contribution >= 0.6 is 0 Å². The molecule has 0 aromatic carbocycles. The van der Waals surface area contributed by atoms with Gasteiger partial charge < -0.3 is 5.32 Å². The Morgan fingerprint density at radius 1 is 1.47 bits per heavy atom. The second-order valence-corrected chi connectivity index (χ2v) is 4.87. The van der Waals surface area contributed by atoms with Gasteiger partial charge in [-0.25, -0.2) is 0 Å². The largest absolute Gasteiger partial charge is 0.383 e. The van der Waals surface area contributed by atoms with Gasteiger partial charge in [-0.3, -0.25) is 4.98 Å². The van der Waals surface area contributed by atoms with Gasteiger partial charge in [0.1, 0.15) is 0 Å². The Balaban J connectivity index is 2.52. The first-order valence-corrected chi connectivity index (χ1v) is 5.84. The van der Waals surface area contributed by atoms with Crippen LogP contribution in [-0.2, 0) is 0 Å². The number of rotatable bonds is 1. The van der Waals surface area contributed by atoms with Gasteiger partial charge in [0.25, 0.3) is 0 Å². The van der Waals surface area contributed by atoms with Crippen molar-refractivity contribution in [2.75, 3.05) is 11.9 Å². The maximum absolute atomic E-state index is 4.62. The second kappa shape index (κ2) is 3.84. The van der Waals surface area contributed by atoms with Crippen LogP contribution in [0, 0.1) is 6.92 Å². The summed E-state index contributed by atoms with van der Waals surface area (Å²) in [4.78, 5) is 4.62. The maximum Gasteiger partial charge on any atom is 0.0666 e. The molecule has 15 heavy (non-hydrogen) atoms. The Hall–Kier alpha value is -1.05. The predicted octanol–water partition coefficient (Wildman–Crippen LogP) is 3.43. The van der Waals surface area contributed by atoms with E-state index in [1.54, 1.807) is 0 Å². The van der Waals surface area contributed by atoms with E-state index in [-0.39, 0.29) is 0 Å². The summed E-state index contributed by atoms with van der Waals surface area (Å²) in [5.41, 5.74) is 5.31. The molecule has 0 amide bonds. The van der Waals surface area contributed by atoms with Gasteiger partial charge in [0.05, 0.1) is 11.4 Å². The molecule has 0 bridgehead atoms. The summed E-state index contributed by atoms with van der Waals surface area (Å²) < 4.78 is 0.